The van der Waals surface area contributed by atoms with Crippen LogP contribution >= 0.6 is 0 Å². The van der Waals surface area contributed by atoms with Crippen LogP contribution in [0.15, 0.2) is 0 Å². The van der Waals surface area contributed by atoms with E-state index >= 15 is 0 Å². The Labute approximate surface area is 92.4 Å². The van der Waals surface area contributed by atoms with Crippen molar-refractivity contribution in [3.8, 4) is 11.8 Å². The van der Waals surface area contributed by atoms with Gasteiger partial charge < -0.3 is 4.90 Å². The summed E-state index contributed by atoms with van der Waals surface area (Å²) in [6.45, 7) is 5.32. The summed E-state index contributed by atoms with van der Waals surface area (Å²) in [5, 5.41) is 0. The Balaban J connectivity index is 2.18. The van der Waals surface area contributed by atoms with Crippen molar-refractivity contribution >= 4 is 5.91 Å². The number of carbonyl (C=O) groups is 1. The molecule has 15 heavy (non-hydrogen) atoms. The van der Waals surface area contributed by atoms with Crippen molar-refractivity contribution in [1.82, 2.24) is 9.80 Å². The minimum Gasteiger partial charge on any atom is -0.335 e. The fraction of sp³-hybridized carbons (Fsp3) is 0.750. The van der Waals surface area contributed by atoms with Gasteiger partial charge in [-0.05, 0) is 25.9 Å². The molecule has 3 heteroatoms. The van der Waals surface area contributed by atoms with Crippen molar-refractivity contribution in [2.24, 2.45) is 0 Å². The highest BCUT2D eigenvalue weighted by atomic mass is 16.2. The normalized spacial score (nSPS) is 16.7. The van der Waals surface area contributed by atoms with E-state index in [0.29, 0.717) is 6.54 Å². The SMILES string of the molecule is CC(=O)N(C)CC#CCN1CCCCC1. The molecule has 0 unspecified atom stereocenters. The summed E-state index contributed by atoms with van der Waals surface area (Å²) in [5.74, 6) is 6.22. The Hall–Kier alpha value is -1.01. The molecule has 1 aliphatic rings. The maximum absolute atomic E-state index is 10.9. The van der Waals surface area contributed by atoms with Crippen LogP contribution in [0.25, 0.3) is 0 Å². The molecule has 0 bridgehead atoms. The van der Waals surface area contributed by atoms with Crippen molar-refractivity contribution in [1.29, 1.82) is 0 Å². The molecule has 1 heterocycles. The Bertz CT molecular complexity index is 259. The molecule has 0 N–H and O–H groups in total. The molecule has 0 radical (unpaired) electrons. The third kappa shape index (κ3) is 4.85. The molecule has 0 saturated carbocycles. The quantitative estimate of drug-likeness (QED) is 0.631. The number of carbonyl (C=O) groups excluding carboxylic acids is 1. The largest absolute Gasteiger partial charge is 0.335 e. The fourth-order valence-electron chi connectivity index (χ4n) is 1.57. The number of likely N-dealkylation sites (tertiary alicyclic amines) is 1. The van der Waals surface area contributed by atoms with Crippen LogP contribution in [0.1, 0.15) is 26.2 Å². The summed E-state index contributed by atoms with van der Waals surface area (Å²) < 4.78 is 0. The van der Waals surface area contributed by atoms with E-state index in [2.05, 4.69) is 16.7 Å². The Morgan fingerprint density at radius 3 is 2.53 bits per heavy atom. The average Bonchev–Trinajstić information content (AvgIpc) is 2.25. The van der Waals surface area contributed by atoms with E-state index in [9.17, 15) is 4.79 Å². The third-order valence-electron chi connectivity index (χ3n) is 2.73. The van der Waals surface area contributed by atoms with Crippen LogP contribution in [0, 0.1) is 11.8 Å². The number of nitrogens with zero attached hydrogens (tertiary/aromatic N) is 2. The Morgan fingerprint density at radius 2 is 1.93 bits per heavy atom. The Kier molecular flexibility index (Phi) is 5.20. The van der Waals surface area contributed by atoms with E-state index in [4.69, 9.17) is 0 Å². The topological polar surface area (TPSA) is 23.6 Å². The van der Waals surface area contributed by atoms with Gasteiger partial charge in [-0.3, -0.25) is 9.69 Å². The van der Waals surface area contributed by atoms with Gasteiger partial charge in [0.05, 0.1) is 13.1 Å². The molecule has 84 valence electrons. The van der Waals surface area contributed by atoms with Gasteiger partial charge in [0, 0.05) is 14.0 Å². The summed E-state index contributed by atoms with van der Waals surface area (Å²) in [4.78, 5) is 14.9. The predicted molar refractivity (Wildman–Crippen MR) is 61.4 cm³/mol. The smallest absolute Gasteiger partial charge is 0.219 e. The zero-order valence-corrected chi connectivity index (χ0v) is 9.75. The molecule has 1 aliphatic heterocycles. The maximum Gasteiger partial charge on any atom is 0.219 e. The molecule has 0 aromatic carbocycles. The second kappa shape index (κ2) is 6.47. The van der Waals surface area contributed by atoms with Gasteiger partial charge in [0.2, 0.25) is 5.91 Å². The number of hydrogen-bond donors (Lipinski definition) is 0. The van der Waals surface area contributed by atoms with Gasteiger partial charge in [0.1, 0.15) is 0 Å². The first-order chi connectivity index (χ1) is 7.20. The molecule has 0 aliphatic carbocycles. The molecular weight excluding hydrogens is 188 g/mol. The van der Waals surface area contributed by atoms with Crippen LogP contribution in [-0.2, 0) is 4.79 Å². The number of hydrogen-bond acceptors (Lipinski definition) is 2. The van der Waals surface area contributed by atoms with Gasteiger partial charge in [-0.15, -0.1) is 0 Å². The fourth-order valence-corrected chi connectivity index (χ4v) is 1.57. The van der Waals surface area contributed by atoms with Crippen molar-refractivity contribution in [3.63, 3.8) is 0 Å². The van der Waals surface area contributed by atoms with Crippen LogP contribution in [-0.4, -0.2) is 48.9 Å². The van der Waals surface area contributed by atoms with Gasteiger partial charge >= 0.3 is 0 Å². The standard InChI is InChI=1S/C12H20N2O/c1-12(15)13(2)8-6-7-11-14-9-4-3-5-10-14/h3-5,8-11H2,1-2H3. The lowest BCUT2D eigenvalue weighted by molar-refractivity contribution is -0.126. The predicted octanol–water partition coefficient (Wildman–Crippen LogP) is 0.954. The third-order valence-corrected chi connectivity index (χ3v) is 2.73. The van der Waals surface area contributed by atoms with Crippen LogP contribution in [0.5, 0.6) is 0 Å². The summed E-state index contributed by atoms with van der Waals surface area (Å²) in [7, 11) is 1.78. The van der Waals surface area contributed by atoms with Crippen LogP contribution < -0.4 is 0 Å². The number of amides is 1. The number of piperidine rings is 1. The van der Waals surface area contributed by atoms with Crippen molar-refractivity contribution in [3.05, 3.63) is 0 Å². The monoisotopic (exact) mass is 208 g/mol. The van der Waals surface area contributed by atoms with E-state index in [1.165, 1.54) is 32.4 Å². The van der Waals surface area contributed by atoms with Gasteiger partial charge in [-0.25, -0.2) is 0 Å². The van der Waals surface area contributed by atoms with Crippen molar-refractivity contribution in [2.45, 2.75) is 26.2 Å². The highest BCUT2D eigenvalue weighted by Crippen LogP contribution is 2.06. The van der Waals surface area contributed by atoms with Crippen LogP contribution in [0.2, 0.25) is 0 Å². The van der Waals surface area contributed by atoms with Gasteiger partial charge in [0.25, 0.3) is 0 Å². The highest BCUT2D eigenvalue weighted by molar-refractivity contribution is 5.73. The van der Waals surface area contributed by atoms with Gasteiger partial charge in [-0.2, -0.15) is 0 Å². The maximum atomic E-state index is 10.9. The van der Waals surface area contributed by atoms with Crippen LogP contribution in [0.4, 0.5) is 0 Å². The average molecular weight is 208 g/mol. The number of rotatable bonds is 2. The van der Waals surface area contributed by atoms with E-state index in [-0.39, 0.29) is 5.91 Å². The molecule has 1 saturated heterocycles. The van der Waals surface area contributed by atoms with Crippen LogP contribution in [0.3, 0.4) is 0 Å². The van der Waals surface area contributed by atoms with Crippen molar-refractivity contribution < 1.29 is 4.79 Å². The summed E-state index contributed by atoms with van der Waals surface area (Å²) in [6, 6.07) is 0. The van der Waals surface area contributed by atoms with E-state index < -0.39 is 0 Å². The second-order valence-corrected chi connectivity index (χ2v) is 4.07. The molecule has 1 rings (SSSR count). The molecule has 0 aromatic rings. The molecular formula is C12H20N2O. The minimum absolute atomic E-state index is 0.0715. The van der Waals surface area contributed by atoms with E-state index in [0.717, 1.165) is 6.54 Å². The zero-order chi connectivity index (χ0) is 11.1. The molecule has 1 fully saturated rings. The highest BCUT2D eigenvalue weighted by Gasteiger charge is 2.07. The van der Waals surface area contributed by atoms with Gasteiger partial charge in [0.15, 0.2) is 0 Å². The first-order valence-corrected chi connectivity index (χ1v) is 5.60. The zero-order valence-electron chi connectivity index (χ0n) is 9.75. The van der Waals surface area contributed by atoms with E-state index in [1.54, 1.807) is 18.9 Å². The second-order valence-electron chi connectivity index (χ2n) is 4.07. The Morgan fingerprint density at radius 1 is 1.27 bits per heavy atom. The minimum atomic E-state index is 0.0715. The van der Waals surface area contributed by atoms with E-state index in [1.807, 2.05) is 0 Å². The first kappa shape index (κ1) is 12.1. The molecule has 0 atom stereocenters. The molecule has 1 amide bonds. The molecule has 3 nitrogen and oxygen atoms in total. The van der Waals surface area contributed by atoms with Crippen molar-refractivity contribution in [2.75, 3.05) is 33.2 Å². The van der Waals surface area contributed by atoms with Gasteiger partial charge in [-0.1, -0.05) is 18.3 Å². The summed E-state index contributed by atoms with van der Waals surface area (Å²) >= 11 is 0. The lowest BCUT2D eigenvalue weighted by atomic mass is 10.1. The lowest BCUT2D eigenvalue weighted by Crippen LogP contribution is -2.30. The lowest BCUT2D eigenvalue weighted by Gasteiger charge is -2.23. The summed E-state index contributed by atoms with van der Waals surface area (Å²) in [5.41, 5.74) is 0. The molecule has 0 aromatic heterocycles. The molecule has 0 spiro atoms. The summed E-state index contributed by atoms with van der Waals surface area (Å²) in [6.07, 6.45) is 3.96. The first-order valence-electron chi connectivity index (χ1n) is 5.60.